The summed E-state index contributed by atoms with van der Waals surface area (Å²) in [7, 11) is 0. The zero-order valence-corrected chi connectivity index (χ0v) is 13.9. The Bertz CT molecular complexity index is 504. The Balaban J connectivity index is 2.65. The highest BCUT2D eigenvalue weighted by atomic mass is 32.1. The van der Waals surface area contributed by atoms with Crippen molar-refractivity contribution in [1.82, 2.24) is 9.88 Å². The second-order valence-electron chi connectivity index (χ2n) is 5.31. The minimum absolute atomic E-state index is 0.00487. The van der Waals surface area contributed by atoms with Gasteiger partial charge in [-0.2, -0.15) is 0 Å². The molecule has 0 aliphatic carbocycles. The summed E-state index contributed by atoms with van der Waals surface area (Å²) in [6.45, 7) is 5.91. The van der Waals surface area contributed by atoms with E-state index >= 15 is 0 Å². The molecule has 1 aromatic rings. The third-order valence-corrected chi connectivity index (χ3v) is 4.07. The van der Waals surface area contributed by atoms with Crippen LogP contribution < -0.4 is 5.32 Å². The van der Waals surface area contributed by atoms with Crippen LogP contribution in [0.25, 0.3) is 0 Å². The summed E-state index contributed by atoms with van der Waals surface area (Å²) >= 11 is 1.15. The van der Waals surface area contributed by atoms with Gasteiger partial charge < -0.3 is 20.4 Å². The molecule has 2 amide bonds. The second kappa shape index (κ2) is 8.70. The number of anilines is 1. The molecule has 1 rings (SSSR count). The first-order valence-corrected chi connectivity index (χ1v) is 8.09. The Morgan fingerprint density at radius 3 is 2.68 bits per heavy atom. The largest absolute Gasteiger partial charge is 0.465 e. The number of nitrogens with one attached hydrogen (secondary N) is 1. The molecule has 3 N–H and O–H groups in total. The Kier molecular flexibility index (Phi) is 7.26. The summed E-state index contributed by atoms with van der Waals surface area (Å²) in [6.07, 6.45) is 1.09. The quantitative estimate of drug-likeness (QED) is 0.680. The van der Waals surface area contributed by atoms with Crippen molar-refractivity contribution >= 4 is 28.5 Å². The summed E-state index contributed by atoms with van der Waals surface area (Å²) in [5, 5.41) is 22.3. The van der Waals surface area contributed by atoms with Crippen LogP contribution in [-0.4, -0.2) is 45.2 Å². The van der Waals surface area contributed by atoms with E-state index in [-0.39, 0.29) is 18.4 Å². The molecule has 0 aliphatic rings. The lowest BCUT2D eigenvalue weighted by Gasteiger charge is -2.21. The van der Waals surface area contributed by atoms with Crippen molar-refractivity contribution in [2.75, 3.05) is 18.4 Å². The van der Waals surface area contributed by atoms with E-state index in [1.807, 2.05) is 6.92 Å². The van der Waals surface area contributed by atoms with E-state index in [9.17, 15) is 14.7 Å². The molecule has 0 saturated heterocycles. The van der Waals surface area contributed by atoms with Gasteiger partial charge in [-0.05, 0) is 6.42 Å². The standard InChI is InChI=1S/C14H23N3O4S/c1-4-5-6-17(14(20)21)8-10(18)11-7-15-13(22-11)16-12(19)9(2)3/h7,9-10,18H,4-6,8H2,1-3H3,(H,20,21)(H,15,16,19). The lowest BCUT2D eigenvalue weighted by Crippen LogP contribution is -2.34. The third-order valence-electron chi connectivity index (χ3n) is 3.05. The predicted octanol–water partition coefficient (Wildman–Crippen LogP) is 2.55. The van der Waals surface area contributed by atoms with Crippen molar-refractivity contribution in [2.24, 2.45) is 5.92 Å². The van der Waals surface area contributed by atoms with Crippen LogP contribution in [0.3, 0.4) is 0 Å². The predicted molar refractivity (Wildman–Crippen MR) is 85.0 cm³/mol. The number of hydrogen-bond donors (Lipinski definition) is 3. The highest BCUT2D eigenvalue weighted by molar-refractivity contribution is 7.15. The Morgan fingerprint density at radius 2 is 2.14 bits per heavy atom. The van der Waals surface area contributed by atoms with Gasteiger partial charge in [0.1, 0.15) is 6.10 Å². The highest BCUT2D eigenvalue weighted by Gasteiger charge is 2.20. The minimum atomic E-state index is -1.05. The summed E-state index contributed by atoms with van der Waals surface area (Å²) in [5.41, 5.74) is 0. The van der Waals surface area contributed by atoms with E-state index in [0.717, 1.165) is 24.2 Å². The average molecular weight is 329 g/mol. The maximum Gasteiger partial charge on any atom is 0.407 e. The summed E-state index contributed by atoms with van der Waals surface area (Å²) in [5.74, 6) is -0.306. The molecule has 1 unspecified atom stereocenters. The number of carbonyl (C=O) groups excluding carboxylic acids is 1. The van der Waals surface area contributed by atoms with Gasteiger partial charge in [0.15, 0.2) is 5.13 Å². The fraction of sp³-hybridized carbons (Fsp3) is 0.643. The molecule has 0 fully saturated rings. The van der Waals surface area contributed by atoms with E-state index in [1.54, 1.807) is 13.8 Å². The van der Waals surface area contributed by atoms with Crippen molar-refractivity contribution < 1.29 is 19.8 Å². The van der Waals surface area contributed by atoms with Crippen LogP contribution in [0.5, 0.6) is 0 Å². The molecule has 0 radical (unpaired) electrons. The van der Waals surface area contributed by atoms with Crippen LogP contribution in [0.4, 0.5) is 9.93 Å². The topological polar surface area (TPSA) is 103 Å². The number of rotatable bonds is 8. The van der Waals surface area contributed by atoms with Gasteiger partial charge >= 0.3 is 6.09 Å². The van der Waals surface area contributed by atoms with E-state index in [1.165, 1.54) is 11.1 Å². The normalized spacial score (nSPS) is 12.2. The van der Waals surface area contributed by atoms with Gasteiger partial charge in [0, 0.05) is 18.7 Å². The van der Waals surface area contributed by atoms with Crippen molar-refractivity contribution in [2.45, 2.75) is 39.7 Å². The van der Waals surface area contributed by atoms with E-state index in [2.05, 4.69) is 10.3 Å². The molecule has 1 aromatic heterocycles. The lowest BCUT2D eigenvalue weighted by atomic mass is 10.2. The maximum absolute atomic E-state index is 11.6. The number of aromatic nitrogens is 1. The molecule has 0 aliphatic heterocycles. The Hall–Kier alpha value is -1.67. The lowest BCUT2D eigenvalue weighted by molar-refractivity contribution is -0.118. The molecule has 0 bridgehead atoms. The van der Waals surface area contributed by atoms with E-state index in [0.29, 0.717) is 16.6 Å². The van der Waals surface area contributed by atoms with Crippen molar-refractivity contribution in [3.05, 3.63) is 11.1 Å². The molecule has 1 heterocycles. The SMILES string of the molecule is CCCCN(CC(O)c1cnc(NC(=O)C(C)C)s1)C(=O)O. The first kappa shape index (κ1) is 18.4. The first-order valence-electron chi connectivity index (χ1n) is 7.27. The minimum Gasteiger partial charge on any atom is -0.465 e. The molecule has 1 atom stereocenters. The average Bonchev–Trinajstić information content (AvgIpc) is 2.91. The highest BCUT2D eigenvalue weighted by Crippen LogP contribution is 2.25. The van der Waals surface area contributed by atoms with E-state index in [4.69, 9.17) is 5.11 Å². The second-order valence-corrected chi connectivity index (χ2v) is 6.37. The molecule has 22 heavy (non-hydrogen) atoms. The van der Waals surface area contributed by atoms with Gasteiger partial charge in [0.25, 0.3) is 0 Å². The van der Waals surface area contributed by atoms with Crippen LogP contribution >= 0.6 is 11.3 Å². The molecule has 124 valence electrons. The Labute approximate surface area is 134 Å². The fourth-order valence-electron chi connectivity index (χ4n) is 1.66. The van der Waals surface area contributed by atoms with Crippen LogP contribution in [0.1, 0.15) is 44.6 Å². The monoisotopic (exact) mass is 329 g/mol. The third kappa shape index (κ3) is 5.61. The number of carboxylic acid groups (broad SMARTS) is 1. The number of thiazole rings is 1. The Morgan fingerprint density at radius 1 is 1.45 bits per heavy atom. The molecular formula is C14H23N3O4S. The fourth-order valence-corrected chi connectivity index (χ4v) is 2.46. The van der Waals surface area contributed by atoms with Crippen molar-refractivity contribution in [1.29, 1.82) is 0 Å². The number of aliphatic hydroxyl groups is 1. The number of unbranched alkanes of at least 4 members (excludes halogenated alkanes) is 1. The smallest absolute Gasteiger partial charge is 0.407 e. The van der Waals surface area contributed by atoms with E-state index < -0.39 is 12.2 Å². The van der Waals surface area contributed by atoms with Gasteiger partial charge in [-0.3, -0.25) is 4.79 Å². The van der Waals surface area contributed by atoms with Gasteiger partial charge in [-0.15, -0.1) is 0 Å². The molecule has 0 saturated carbocycles. The van der Waals surface area contributed by atoms with Crippen LogP contribution in [0, 0.1) is 5.92 Å². The van der Waals surface area contributed by atoms with Gasteiger partial charge in [-0.25, -0.2) is 9.78 Å². The van der Waals surface area contributed by atoms with Crippen molar-refractivity contribution in [3.63, 3.8) is 0 Å². The molecule has 0 aromatic carbocycles. The van der Waals surface area contributed by atoms with Crippen LogP contribution in [0.15, 0.2) is 6.20 Å². The maximum atomic E-state index is 11.6. The number of nitrogens with zero attached hydrogens (tertiary/aromatic N) is 2. The summed E-state index contributed by atoms with van der Waals surface area (Å²) < 4.78 is 0. The summed E-state index contributed by atoms with van der Waals surface area (Å²) in [6, 6.07) is 0. The van der Waals surface area contributed by atoms with Crippen molar-refractivity contribution in [3.8, 4) is 0 Å². The number of aliphatic hydroxyl groups excluding tert-OH is 1. The molecule has 7 nitrogen and oxygen atoms in total. The number of carbonyl (C=O) groups is 2. The van der Waals surface area contributed by atoms with Gasteiger partial charge in [0.05, 0.1) is 11.4 Å². The van der Waals surface area contributed by atoms with Gasteiger partial charge in [0.2, 0.25) is 5.91 Å². The molecular weight excluding hydrogens is 306 g/mol. The molecule has 0 spiro atoms. The van der Waals surface area contributed by atoms with Crippen LogP contribution in [-0.2, 0) is 4.79 Å². The first-order chi connectivity index (χ1) is 10.3. The summed E-state index contributed by atoms with van der Waals surface area (Å²) in [4.78, 5) is 28.5. The zero-order valence-electron chi connectivity index (χ0n) is 13.1. The molecule has 8 heteroatoms. The number of amides is 2. The van der Waals surface area contributed by atoms with Crippen LogP contribution in [0.2, 0.25) is 0 Å². The van der Waals surface area contributed by atoms with Gasteiger partial charge in [-0.1, -0.05) is 38.5 Å². The zero-order chi connectivity index (χ0) is 16.7. The number of hydrogen-bond acceptors (Lipinski definition) is 5.